The monoisotopic (exact) mass is 357 g/mol. The first-order valence-corrected chi connectivity index (χ1v) is 8.13. The molecule has 0 radical (unpaired) electrons. The van der Waals surface area contributed by atoms with Gasteiger partial charge in [0.1, 0.15) is 10.7 Å². The Morgan fingerprint density at radius 2 is 1.85 bits per heavy atom. The van der Waals surface area contributed by atoms with Crippen LogP contribution in [0.4, 0.5) is 10.1 Å². The second-order valence-electron chi connectivity index (χ2n) is 4.47. The van der Waals surface area contributed by atoms with E-state index in [1.54, 1.807) is 25.1 Å². The molecule has 0 saturated heterocycles. The van der Waals surface area contributed by atoms with Gasteiger partial charge in [-0.05, 0) is 59.1 Å². The molecule has 6 heteroatoms. The van der Waals surface area contributed by atoms with Gasteiger partial charge in [-0.25, -0.2) is 12.8 Å². The molecule has 2 aromatic carbocycles. The van der Waals surface area contributed by atoms with E-state index in [0.717, 1.165) is 5.56 Å². The zero-order valence-electron chi connectivity index (χ0n) is 10.9. The molecular weight excluding hydrogens is 345 g/mol. The van der Waals surface area contributed by atoms with E-state index >= 15 is 0 Å². The standard InChI is InChI=1S/C14H13BrFNO2S/c1-9-6-7-13(11(15)8-9)20(18,19)17-14-10(2)4-3-5-12(14)16/h3-8,17H,1-2H3. The first-order chi connectivity index (χ1) is 9.31. The first-order valence-electron chi connectivity index (χ1n) is 5.85. The van der Waals surface area contributed by atoms with Crippen molar-refractivity contribution in [2.45, 2.75) is 18.7 Å². The van der Waals surface area contributed by atoms with Crippen molar-refractivity contribution in [3.05, 3.63) is 57.8 Å². The molecule has 0 heterocycles. The predicted molar refractivity (Wildman–Crippen MR) is 80.8 cm³/mol. The highest BCUT2D eigenvalue weighted by atomic mass is 79.9. The van der Waals surface area contributed by atoms with Gasteiger partial charge < -0.3 is 0 Å². The van der Waals surface area contributed by atoms with Crippen LogP contribution >= 0.6 is 15.9 Å². The summed E-state index contributed by atoms with van der Waals surface area (Å²) < 4.78 is 41.1. The molecule has 0 aliphatic rings. The van der Waals surface area contributed by atoms with E-state index in [2.05, 4.69) is 20.7 Å². The minimum atomic E-state index is -3.84. The van der Waals surface area contributed by atoms with E-state index in [1.165, 1.54) is 18.2 Å². The van der Waals surface area contributed by atoms with E-state index in [9.17, 15) is 12.8 Å². The van der Waals surface area contributed by atoms with Gasteiger partial charge in [0.25, 0.3) is 10.0 Å². The molecule has 2 rings (SSSR count). The molecule has 0 atom stereocenters. The molecule has 20 heavy (non-hydrogen) atoms. The lowest BCUT2D eigenvalue weighted by molar-refractivity contribution is 0.598. The molecule has 0 spiro atoms. The van der Waals surface area contributed by atoms with Crippen molar-refractivity contribution >= 4 is 31.6 Å². The Morgan fingerprint density at radius 3 is 2.45 bits per heavy atom. The van der Waals surface area contributed by atoms with Crippen LogP contribution in [0.1, 0.15) is 11.1 Å². The lowest BCUT2D eigenvalue weighted by Gasteiger charge is -2.12. The lowest BCUT2D eigenvalue weighted by Crippen LogP contribution is -2.15. The zero-order valence-corrected chi connectivity index (χ0v) is 13.3. The van der Waals surface area contributed by atoms with Crippen LogP contribution in [-0.4, -0.2) is 8.42 Å². The number of nitrogens with one attached hydrogen (secondary N) is 1. The summed E-state index contributed by atoms with van der Waals surface area (Å²) in [6.07, 6.45) is 0. The molecule has 0 fully saturated rings. The number of benzene rings is 2. The molecule has 3 nitrogen and oxygen atoms in total. The number of sulfonamides is 1. The van der Waals surface area contributed by atoms with Crippen LogP contribution in [0.25, 0.3) is 0 Å². The number of hydrogen-bond donors (Lipinski definition) is 1. The number of anilines is 1. The lowest BCUT2D eigenvalue weighted by atomic mass is 10.2. The smallest absolute Gasteiger partial charge is 0.263 e. The van der Waals surface area contributed by atoms with Gasteiger partial charge in [0.15, 0.2) is 0 Å². The topological polar surface area (TPSA) is 46.2 Å². The van der Waals surface area contributed by atoms with Crippen molar-refractivity contribution < 1.29 is 12.8 Å². The molecule has 1 N–H and O–H groups in total. The average molecular weight is 358 g/mol. The van der Waals surface area contributed by atoms with E-state index in [0.29, 0.717) is 10.0 Å². The number of hydrogen-bond acceptors (Lipinski definition) is 2. The van der Waals surface area contributed by atoms with E-state index in [4.69, 9.17) is 0 Å². The maximum Gasteiger partial charge on any atom is 0.263 e. The van der Waals surface area contributed by atoms with Crippen molar-refractivity contribution in [2.24, 2.45) is 0 Å². The highest BCUT2D eigenvalue weighted by Crippen LogP contribution is 2.27. The Bertz CT molecular complexity index is 740. The van der Waals surface area contributed by atoms with Crippen molar-refractivity contribution in [1.82, 2.24) is 0 Å². The molecule has 2 aromatic rings. The first kappa shape index (κ1) is 15.0. The van der Waals surface area contributed by atoms with Gasteiger partial charge in [-0.3, -0.25) is 4.72 Å². The number of aryl methyl sites for hydroxylation is 2. The summed E-state index contributed by atoms with van der Waals surface area (Å²) in [5.74, 6) is -0.600. The Balaban J connectivity index is 2.46. The van der Waals surface area contributed by atoms with Crippen molar-refractivity contribution in [1.29, 1.82) is 0 Å². The quantitative estimate of drug-likeness (QED) is 0.901. The van der Waals surface area contributed by atoms with Gasteiger partial charge in [0.2, 0.25) is 0 Å². The van der Waals surface area contributed by atoms with Crippen molar-refractivity contribution in [3.8, 4) is 0 Å². The second kappa shape index (κ2) is 5.54. The van der Waals surface area contributed by atoms with Crippen LogP contribution in [0.5, 0.6) is 0 Å². The molecule has 106 valence electrons. The fraction of sp³-hybridized carbons (Fsp3) is 0.143. The van der Waals surface area contributed by atoms with Crippen LogP contribution < -0.4 is 4.72 Å². The van der Waals surface area contributed by atoms with Gasteiger partial charge in [0.05, 0.1) is 5.69 Å². The highest BCUT2D eigenvalue weighted by Gasteiger charge is 2.20. The summed E-state index contributed by atoms with van der Waals surface area (Å²) >= 11 is 3.22. The summed E-state index contributed by atoms with van der Waals surface area (Å²) in [7, 11) is -3.84. The van der Waals surface area contributed by atoms with Gasteiger partial charge in [-0.1, -0.05) is 18.2 Å². The van der Waals surface area contributed by atoms with E-state index < -0.39 is 15.8 Å². The van der Waals surface area contributed by atoms with Crippen LogP contribution in [0, 0.1) is 19.7 Å². The van der Waals surface area contributed by atoms with Gasteiger partial charge in [0, 0.05) is 4.47 Å². The fourth-order valence-electron chi connectivity index (χ4n) is 1.77. The maximum absolute atomic E-state index is 13.7. The Kier molecular flexibility index (Phi) is 4.15. The zero-order chi connectivity index (χ0) is 14.9. The number of rotatable bonds is 3. The van der Waals surface area contributed by atoms with Gasteiger partial charge in [-0.15, -0.1) is 0 Å². The average Bonchev–Trinajstić information content (AvgIpc) is 2.33. The van der Waals surface area contributed by atoms with E-state index in [-0.39, 0.29) is 10.6 Å². The largest absolute Gasteiger partial charge is 0.276 e. The minimum absolute atomic E-state index is 0.0278. The minimum Gasteiger partial charge on any atom is -0.276 e. The summed E-state index contributed by atoms with van der Waals surface area (Å²) in [5.41, 5.74) is 1.43. The van der Waals surface area contributed by atoms with Crippen LogP contribution in [-0.2, 0) is 10.0 Å². The Morgan fingerprint density at radius 1 is 1.15 bits per heavy atom. The molecular formula is C14H13BrFNO2S. The van der Waals surface area contributed by atoms with Crippen LogP contribution in [0.15, 0.2) is 45.8 Å². The van der Waals surface area contributed by atoms with Crippen LogP contribution in [0.3, 0.4) is 0 Å². The molecule has 0 amide bonds. The highest BCUT2D eigenvalue weighted by molar-refractivity contribution is 9.10. The summed E-state index contributed by atoms with van der Waals surface area (Å²) in [6.45, 7) is 3.50. The summed E-state index contributed by atoms with van der Waals surface area (Å²) in [5, 5.41) is 0. The molecule has 0 bridgehead atoms. The molecule has 0 aromatic heterocycles. The fourth-order valence-corrected chi connectivity index (χ4v) is 4.11. The van der Waals surface area contributed by atoms with Crippen molar-refractivity contribution in [2.75, 3.05) is 4.72 Å². The SMILES string of the molecule is Cc1ccc(S(=O)(=O)Nc2c(C)cccc2F)c(Br)c1. The molecule has 0 aliphatic carbocycles. The maximum atomic E-state index is 13.7. The van der Waals surface area contributed by atoms with Crippen LogP contribution in [0.2, 0.25) is 0 Å². The summed E-state index contributed by atoms with van der Waals surface area (Å²) in [6, 6.07) is 9.26. The normalized spacial score (nSPS) is 11.4. The Labute approximate surface area is 126 Å². The second-order valence-corrected chi connectivity index (χ2v) is 6.98. The number of halogens is 2. The third-order valence-electron chi connectivity index (χ3n) is 2.84. The molecule has 0 saturated carbocycles. The molecule has 0 aliphatic heterocycles. The molecule has 0 unspecified atom stereocenters. The van der Waals surface area contributed by atoms with Gasteiger partial charge >= 0.3 is 0 Å². The Hall–Kier alpha value is -1.40. The van der Waals surface area contributed by atoms with E-state index in [1.807, 2.05) is 6.92 Å². The third-order valence-corrected chi connectivity index (χ3v) is 5.16. The van der Waals surface area contributed by atoms with Gasteiger partial charge in [-0.2, -0.15) is 0 Å². The predicted octanol–water partition coefficient (Wildman–Crippen LogP) is 4.01. The summed E-state index contributed by atoms with van der Waals surface area (Å²) in [4.78, 5) is 0.0748. The number of para-hydroxylation sites is 1. The third kappa shape index (κ3) is 3.02. The van der Waals surface area contributed by atoms with Crippen molar-refractivity contribution in [3.63, 3.8) is 0 Å².